The van der Waals surface area contributed by atoms with Gasteiger partial charge in [0.15, 0.2) is 0 Å². The molecule has 36 nitrogen and oxygen atoms in total. The fourth-order valence-corrected chi connectivity index (χ4v) is 28.3. The molecule has 112 heavy (non-hydrogen) atoms. The number of hydrogen-bond acceptors (Lipinski definition) is 29. The molecule has 5 saturated heterocycles. The quantitative estimate of drug-likeness (QED) is 0.0175. The van der Waals surface area contributed by atoms with Crippen molar-refractivity contribution in [2.24, 2.45) is 59.2 Å². The van der Waals surface area contributed by atoms with Gasteiger partial charge in [0.1, 0.15) is 43.7 Å². The fraction of sp³-hybridized carbons (Fsp3) is 0.746. The summed E-state index contributed by atoms with van der Waals surface area (Å²) in [6, 6.07) is 0. The smallest absolute Gasteiger partial charge is 0.325 e. The summed E-state index contributed by atoms with van der Waals surface area (Å²) in [4.78, 5) is 90.2. The maximum Gasteiger partial charge on any atom is 0.325 e. The maximum atomic E-state index is 11.8. The Kier molecular flexibility index (Phi) is 28.0. The molecule has 7 amide bonds. The van der Waals surface area contributed by atoms with E-state index in [0.717, 1.165) is 38.2 Å². The highest BCUT2D eigenvalue weighted by Crippen LogP contribution is 2.60. The number of ether oxygens (including phenoxy) is 6. The first-order chi connectivity index (χ1) is 52.9. The van der Waals surface area contributed by atoms with E-state index in [9.17, 15) is 80.4 Å². The van der Waals surface area contributed by atoms with Gasteiger partial charge in [-0.1, -0.05) is 32.9 Å². The average molecular weight is 1680 g/mol. The molecule has 10 bridgehead atoms. The largest absolute Gasteiger partial charge is 0.462 e. The van der Waals surface area contributed by atoms with Gasteiger partial charge in [0.25, 0.3) is 50.6 Å². The highest BCUT2D eigenvalue weighted by Gasteiger charge is 2.69. The van der Waals surface area contributed by atoms with Gasteiger partial charge in [-0.05, 0) is 140 Å². The van der Waals surface area contributed by atoms with E-state index in [0.29, 0.717) is 113 Å². The van der Waals surface area contributed by atoms with Crippen LogP contribution in [0.25, 0.3) is 0 Å². The Morgan fingerprint density at radius 3 is 0.938 bits per heavy atom. The van der Waals surface area contributed by atoms with Crippen LogP contribution in [0, 0.1) is 59.2 Å². The van der Waals surface area contributed by atoms with Gasteiger partial charge >= 0.3 is 5.97 Å². The Morgan fingerprint density at radius 2 is 0.616 bits per heavy atom. The van der Waals surface area contributed by atoms with E-state index in [4.69, 9.17) is 49.3 Å². The fourth-order valence-electron chi connectivity index (χ4n) is 18.9. The van der Waals surface area contributed by atoms with Crippen molar-refractivity contribution in [3.63, 3.8) is 0 Å². The molecule has 0 aromatic rings. The minimum atomic E-state index is -3.44. The molecular weight excluding hydrogens is 1580 g/mol. The number of carbonyl (C=O) groups is 8. The van der Waals surface area contributed by atoms with Crippen molar-refractivity contribution >= 4 is 97.9 Å². The first-order valence-corrected chi connectivity index (χ1v) is 45.3. The lowest BCUT2D eigenvalue weighted by Crippen LogP contribution is -2.40. The normalized spacial score (nSPS) is 36.7. The molecule has 626 valence electrons. The molecule has 5 heterocycles. The summed E-state index contributed by atoms with van der Waals surface area (Å²) in [5.41, 5.74) is 1.14. The Labute approximate surface area is 652 Å². The number of esters is 1. The summed E-state index contributed by atoms with van der Waals surface area (Å²) in [7, 11) is -17.0. The van der Waals surface area contributed by atoms with E-state index in [2.05, 4.69) is 70.1 Å². The highest BCUT2D eigenvalue weighted by molar-refractivity contribution is 7.88. The third-order valence-corrected chi connectivity index (χ3v) is 32.7. The maximum absolute atomic E-state index is 11.8. The molecule has 25 unspecified atom stereocenters. The summed E-state index contributed by atoms with van der Waals surface area (Å²) in [5.74, 6) is -1.13. The zero-order valence-corrected chi connectivity index (χ0v) is 66.8. The lowest BCUT2D eigenvalue weighted by Gasteiger charge is -2.25. The van der Waals surface area contributed by atoms with Crippen LogP contribution in [0.1, 0.15) is 97.8 Å². The second kappa shape index (κ2) is 36.1. The predicted octanol–water partition coefficient (Wildman–Crippen LogP) is -1.22. The van der Waals surface area contributed by atoms with Crippen LogP contribution < -0.4 is 37.2 Å². The summed E-state index contributed by atoms with van der Waals surface area (Å²) in [6.07, 6.45) is 8.47. The SMILES string of the molecule is C=C(C)C(=O)NCC(=O)NCCOC1C2CC3C1OS(=O)(=O)C3C2.C=C(C)C(=O)NCC(=O)OCCOC1C2CC3C1OS(=O)(=O)C3C2.C=C(C)C(=O)NCCCOC1C2CC3C1OS(=O)(=O)C3C2.C=CC(=O)NCC(=O)NCCOC1C2CC3C1OS(=O)(=O)C3C2.C=CC(=O)NCCCOC1C2CC3C1OS(=O)(=O)C3C2. The summed E-state index contributed by atoms with van der Waals surface area (Å²) in [5, 5.41) is 16.2. The van der Waals surface area contributed by atoms with E-state index in [-0.39, 0.29) is 204 Å². The molecule has 41 heteroatoms. The molecule has 0 spiro atoms. The Bertz CT molecular complexity index is 4130. The number of fused-ring (bicyclic) bond motifs is 5. The van der Waals surface area contributed by atoms with E-state index in [1.807, 2.05) is 0 Å². The van der Waals surface area contributed by atoms with Crippen LogP contribution in [0.5, 0.6) is 0 Å². The van der Waals surface area contributed by atoms with E-state index in [1.165, 1.54) is 6.08 Å². The standard InChI is InChI=1S/C15H22N2O6S.C15H21NO7S.C14H20N2O6S.C14H21NO5S.C13H19NO5S/c1-8(2)15(19)17-7-12(18)16-3-4-22-13-9-5-10-11(6-9)24(20,21)23-14(10)13;1-8(2)15(18)16-7-12(17)21-3-4-22-13-9-5-10-11(6-9)24(19,20)23-14(10)13;1-2-11(17)16-7-12(18)15-3-4-21-13-8-5-9-10(6-8)23(19,20)22-14(9)13;1-8(2)14(16)15-4-3-5-19-12-9-6-10-11(7-9)21(17,18)20-13(10)12;1-2-11(15)14-4-3-5-18-12-8-6-9-10(7-8)20(16,17)19-13(9)12/h9-11,13-14H,1,3-7H2,2H3,(H,16,18)(H,17,19);9-11,13-14H,1,3-7H2,2H3,(H,16,18);2,8-10,13-14H,1,3-7H2,(H,15,18)(H,16,17);9-13H,1,3-7H2,2H3,(H,15,16);2,8-10,12-13H,1,3-7H2,(H,14,15). The molecule has 15 fully saturated rings. The average Bonchev–Trinajstić information content (AvgIpc) is 1.59. The lowest BCUT2D eigenvalue weighted by molar-refractivity contribution is -0.146. The highest BCUT2D eigenvalue weighted by atomic mass is 32.2. The van der Waals surface area contributed by atoms with Crippen molar-refractivity contribution < 1.29 is 130 Å². The molecule has 7 N–H and O–H groups in total. The second-order valence-corrected chi connectivity index (χ2v) is 40.0. The molecule has 10 aliphatic carbocycles. The third kappa shape index (κ3) is 19.6. The predicted molar refractivity (Wildman–Crippen MR) is 394 cm³/mol. The second-order valence-electron chi connectivity index (χ2n) is 31.1. The van der Waals surface area contributed by atoms with Crippen LogP contribution in [0.15, 0.2) is 61.8 Å². The van der Waals surface area contributed by atoms with Gasteiger partial charge in [-0.3, -0.25) is 59.3 Å². The Hall–Kier alpha value is -6.19. The monoisotopic (exact) mass is 1680 g/mol. The molecule has 5 aliphatic heterocycles. The van der Waals surface area contributed by atoms with Gasteiger partial charge in [0, 0.05) is 85.7 Å². The third-order valence-electron chi connectivity index (χ3n) is 23.8. The number of hydrogen-bond donors (Lipinski definition) is 7. The summed E-state index contributed by atoms with van der Waals surface area (Å²) >= 11 is 0. The number of amides is 7. The van der Waals surface area contributed by atoms with Crippen LogP contribution >= 0.6 is 0 Å². The van der Waals surface area contributed by atoms with Crippen LogP contribution in [0.2, 0.25) is 0 Å². The van der Waals surface area contributed by atoms with Gasteiger partial charge in [0.2, 0.25) is 41.4 Å². The molecule has 15 rings (SSSR count). The number of rotatable bonds is 33. The Morgan fingerprint density at radius 1 is 0.339 bits per heavy atom. The lowest BCUT2D eigenvalue weighted by atomic mass is 9.94. The van der Waals surface area contributed by atoms with Crippen molar-refractivity contribution in [2.75, 3.05) is 85.5 Å². The van der Waals surface area contributed by atoms with E-state index >= 15 is 0 Å². The zero-order valence-electron chi connectivity index (χ0n) is 62.7. The summed E-state index contributed by atoms with van der Waals surface area (Å²) in [6.45, 7) is 24.8. The van der Waals surface area contributed by atoms with E-state index in [1.54, 1.807) is 20.8 Å². The van der Waals surface area contributed by atoms with Crippen molar-refractivity contribution in [1.29, 1.82) is 0 Å². The van der Waals surface area contributed by atoms with Crippen molar-refractivity contribution in [1.82, 2.24) is 37.2 Å². The van der Waals surface area contributed by atoms with Gasteiger partial charge in [-0.25, -0.2) is 0 Å². The van der Waals surface area contributed by atoms with Gasteiger partial charge in [-0.2, -0.15) is 42.1 Å². The van der Waals surface area contributed by atoms with Gasteiger partial charge < -0.3 is 65.6 Å². The number of carbonyl (C=O) groups excluding carboxylic acids is 8. The Balaban J connectivity index is 0.000000139. The molecule has 0 radical (unpaired) electrons. The molecule has 0 aromatic heterocycles. The van der Waals surface area contributed by atoms with E-state index < -0.39 is 74.5 Å². The van der Waals surface area contributed by atoms with Crippen molar-refractivity contribution in [2.45, 2.75) is 185 Å². The van der Waals surface area contributed by atoms with Crippen LogP contribution in [-0.2, 0) is 138 Å². The van der Waals surface area contributed by atoms with Gasteiger partial charge in [0.05, 0.1) is 89.7 Å². The molecule has 15 aliphatic rings. The minimum Gasteiger partial charge on any atom is -0.462 e. The van der Waals surface area contributed by atoms with Crippen LogP contribution in [0.4, 0.5) is 0 Å². The van der Waals surface area contributed by atoms with Crippen LogP contribution in [-0.4, -0.2) is 262 Å². The minimum absolute atomic E-state index is 0.0323. The zero-order chi connectivity index (χ0) is 81.1. The molecule has 0 aromatic carbocycles. The molecule has 25 atom stereocenters. The first-order valence-electron chi connectivity index (χ1n) is 37.9. The summed E-state index contributed by atoms with van der Waals surface area (Å²) < 4.78 is 178. The van der Waals surface area contributed by atoms with Crippen molar-refractivity contribution in [3.8, 4) is 0 Å². The first kappa shape index (κ1) is 86.7. The topological polar surface area (TPSA) is 493 Å². The van der Waals surface area contributed by atoms with Crippen LogP contribution in [0.3, 0.4) is 0 Å². The van der Waals surface area contributed by atoms with Gasteiger partial charge in [-0.15, -0.1) is 0 Å². The molecule has 10 saturated carbocycles. The van der Waals surface area contributed by atoms with Crippen molar-refractivity contribution in [3.05, 3.63) is 61.8 Å². The molecular formula is C71H103N7O29S5. The number of nitrogens with one attached hydrogen (secondary N) is 7.